The molecule has 5 heteroatoms. The highest BCUT2D eigenvalue weighted by atomic mass is 16.4. The minimum absolute atomic E-state index is 0.0695. The van der Waals surface area contributed by atoms with E-state index in [-0.39, 0.29) is 18.4 Å². The first kappa shape index (κ1) is 15.0. The summed E-state index contributed by atoms with van der Waals surface area (Å²) in [6, 6.07) is 0.0787. The number of nitrogens with zero attached hydrogens (tertiary/aromatic N) is 1. The molecular formula is C13H24N2O3. The first-order chi connectivity index (χ1) is 8.38. The topological polar surface area (TPSA) is 69.6 Å². The van der Waals surface area contributed by atoms with Gasteiger partial charge in [-0.3, -0.25) is 9.59 Å². The van der Waals surface area contributed by atoms with Crippen LogP contribution in [-0.4, -0.2) is 47.1 Å². The Kier molecular flexibility index (Phi) is 5.14. The molecule has 0 radical (unpaired) electrons. The maximum absolute atomic E-state index is 12.4. The van der Waals surface area contributed by atoms with Crippen molar-refractivity contribution in [2.24, 2.45) is 0 Å². The molecule has 1 fully saturated rings. The largest absolute Gasteiger partial charge is 0.481 e. The number of amides is 1. The second kappa shape index (κ2) is 6.18. The molecule has 1 aliphatic heterocycles. The minimum atomic E-state index is -0.791. The first-order valence-electron chi connectivity index (χ1n) is 6.60. The standard InChI is InChI=1S/C13H24N2O3/c1-13(2,14-3)12(18)15-9-5-4-6-10(15)7-8-11(16)17/h10,14H,4-9H2,1-3H3,(H,16,17). The zero-order chi connectivity index (χ0) is 13.8. The van der Waals surface area contributed by atoms with Gasteiger partial charge in [0.1, 0.15) is 0 Å². The summed E-state index contributed by atoms with van der Waals surface area (Å²) in [5, 5.41) is 11.8. The van der Waals surface area contributed by atoms with Crippen LogP contribution in [0.25, 0.3) is 0 Å². The van der Waals surface area contributed by atoms with Crippen LogP contribution >= 0.6 is 0 Å². The number of aliphatic carboxylic acids is 1. The summed E-state index contributed by atoms with van der Waals surface area (Å²) in [7, 11) is 1.77. The Morgan fingerprint density at radius 3 is 2.61 bits per heavy atom. The van der Waals surface area contributed by atoms with Crippen molar-refractivity contribution in [1.29, 1.82) is 0 Å². The highest BCUT2D eigenvalue weighted by Crippen LogP contribution is 2.23. The fourth-order valence-electron chi connectivity index (χ4n) is 2.32. The molecule has 0 saturated carbocycles. The van der Waals surface area contributed by atoms with Crippen molar-refractivity contribution in [2.75, 3.05) is 13.6 Å². The third-order valence-corrected chi connectivity index (χ3v) is 3.74. The highest BCUT2D eigenvalue weighted by molar-refractivity contribution is 5.85. The summed E-state index contributed by atoms with van der Waals surface area (Å²) in [6.07, 6.45) is 3.69. The second-order valence-electron chi connectivity index (χ2n) is 5.46. The van der Waals surface area contributed by atoms with E-state index >= 15 is 0 Å². The Hall–Kier alpha value is -1.10. The Bertz CT molecular complexity index is 315. The number of hydrogen-bond acceptors (Lipinski definition) is 3. The fourth-order valence-corrected chi connectivity index (χ4v) is 2.32. The molecule has 0 aromatic carbocycles. The van der Waals surface area contributed by atoms with Gasteiger partial charge in [-0.2, -0.15) is 0 Å². The van der Waals surface area contributed by atoms with Gasteiger partial charge in [-0.25, -0.2) is 0 Å². The first-order valence-corrected chi connectivity index (χ1v) is 6.60. The lowest BCUT2D eigenvalue weighted by molar-refractivity contribution is -0.143. The van der Waals surface area contributed by atoms with E-state index in [1.165, 1.54) is 0 Å². The third kappa shape index (κ3) is 3.70. The van der Waals surface area contributed by atoms with Crippen molar-refractivity contribution in [1.82, 2.24) is 10.2 Å². The molecule has 0 aromatic rings. The van der Waals surface area contributed by atoms with Crippen LogP contribution < -0.4 is 5.32 Å². The molecule has 1 rings (SSSR count). The molecule has 18 heavy (non-hydrogen) atoms. The number of likely N-dealkylation sites (N-methyl/N-ethyl adjacent to an activating group) is 1. The van der Waals surface area contributed by atoms with E-state index in [0.29, 0.717) is 6.42 Å². The summed E-state index contributed by atoms with van der Waals surface area (Å²) >= 11 is 0. The van der Waals surface area contributed by atoms with Crippen molar-refractivity contribution in [3.63, 3.8) is 0 Å². The van der Waals surface area contributed by atoms with Gasteiger partial charge in [0.2, 0.25) is 5.91 Å². The summed E-state index contributed by atoms with van der Waals surface area (Å²) in [5.41, 5.74) is -0.585. The SMILES string of the molecule is CNC(C)(C)C(=O)N1CCCCC1CCC(=O)O. The number of carboxylic acid groups (broad SMARTS) is 1. The predicted octanol–water partition coefficient (Wildman–Crippen LogP) is 1.23. The zero-order valence-electron chi connectivity index (χ0n) is 11.5. The van der Waals surface area contributed by atoms with E-state index in [1.807, 2.05) is 18.7 Å². The molecule has 104 valence electrons. The molecule has 1 unspecified atom stereocenters. The van der Waals surface area contributed by atoms with E-state index in [0.717, 1.165) is 25.8 Å². The Balaban J connectivity index is 2.70. The monoisotopic (exact) mass is 256 g/mol. The second-order valence-corrected chi connectivity index (χ2v) is 5.46. The molecule has 1 atom stereocenters. The van der Waals surface area contributed by atoms with Gasteiger partial charge < -0.3 is 15.3 Å². The molecule has 1 amide bonds. The lowest BCUT2D eigenvalue weighted by atomic mass is 9.94. The van der Waals surface area contributed by atoms with Crippen LogP contribution in [-0.2, 0) is 9.59 Å². The predicted molar refractivity (Wildman–Crippen MR) is 69.4 cm³/mol. The molecule has 1 saturated heterocycles. The number of likely N-dealkylation sites (tertiary alicyclic amines) is 1. The average molecular weight is 256 g/mol. The van der Waals surface area contributed by atoms with Crippen LogP contribution in [0, 0.1) is 0 Å². The number of carboxylic acids is 1. The van der Waals surface area contributed by atoms with E-state index in [2.05, 4.69) is 5.32 Å². The Labute approximate surface area is 109 Å². The molecule has 0 aliphatic carbocycles. The summed E-state index contributed by atoms with van der Waals surface area (Å²) in [5.74, 6) is -0.721. The fraction of sp³-hybridized carbons (Fsp3) is 0.846. The summed E-state index contributed by atoms with van der Waals surface area (Å²) in [4.78, 5) is 24.9. The van der Waals surface area contributed by atoms with Gasteiger partial charge in [-0.15, -0.1) is 0 Å². The van der Waals surface area contributed by atoms with Crippen molar-refractivity contribution < 1.29 is 14.7 Å². The van der Waals surface area contributed by atoms with Crippen LogP contribution in [0.1, 0.15) is 46.0 Å². The Morgan fingerprint density at radius 1 is 1.39 bits per heavy atom. The molecule has 0 aromatic heterocycles. The highest BCUT2D eigenvalue weighted by Gasteiger charge is 2.35. The van der Waals surface area contributed by atoms with E-state index < -0.39 is 11.5 Å². The van der Waals surface area contributed by atoms with Gasteiger partial charge >= 0.3 is 5.97 Å². The van der Waals surface area contributed by atoms with Gasteiger partial charge in [-0.05, 0) is 46.6 Å². The van der Waals surface area contributed by atoms with Crippen molar-refractivity contribution in [3.05, 3.63) is 0 Å². The molecule has 0 spiro atoms. The van der Waals surface area contributed by atoms with Gasteiger partial charge in [0, 0.05) is 19.0 Å². The number of piperidine rings is 1. The molecular weight excluding hydrogens is 232 g/mol. The lowest BCUT2D eigenvalue weighted by Crippen LogP contribution is -2.56. The molecule has 1 heterocycles. The smallest absolute Gasteiger partial charge is 0.303 e. The van der Waals surface area contributed by atoms with Gasteiger partial charge in [0.15, 0.2) is 0 Å². The quantitative estimate of drug-likeness (QED) is 0.776. The van der Waals surface area contributed by atoms with Crippen molar-refractivity contribution >= 4 is 11.9 Å². The minimum Gasteiger partial charge on any atom is -0.481 e. The van der Waals surface area contributed by atoms with E-state index in [9.17, 15) is 9.59 Å². The maximum Gasteiger partial charge on any atom is 0.303 e. The van der Waals surface area contributed by atoms with Crippen LogP contribution in [0.15, 0.2) is 0 Å². The van der Waals surface area contributed by atoms with E-state index in [4.69, 9.17) is 5.11 Å². The Morgan fingerprint density at radius 2 is 2.06 bits per heavy atom. The molecule has 5 nitrogen and oxygen atoms in total. The van der Waals surface area contributed by atoms with Crippen LogP contribution in [0.4, 0.5) is 0 Å². The molecule has 2 N–H and O–H groups in total. The van der Waals surface area contributed by atoms with Crippen molar-refractivity contribution in [3.8, 4) is 0 Å². The number of carbonyl (C=O) groups excluding carboxylic acids is 1. The van der Waals surface area contributed by atoms with Gasteiger partial charge in [-0.1, -0.05) is 0 Å². The lowest BCUT2D eigenvalue weighted by Gasteiger charge is -2.40. The number of carbonyl (C=O) groups is 2. The third-order valence-electron chi connectivity index (χ3n) is 3.74. The number of nitrogens with one attached hydrogen (secondary N) is 1. The van der Waals surface area contributed by atoms with Crippen LogP contribution in [0.2, 0.25) is 0 Å². The number of rotatable bonds is 5. The van der Waals surface area contributed by atoms with E-state index in [1.54, 1.807) is 7.05 Å². The summed E-state index contributed by atoms with van der Waals surface area (Å²) in [6.45, 7) is 4.46. The zero-order valence-corrected chi connectivity index (χ0v) is 11.5. The molecule has 1 aliphatic rings. The van der Waals surface area contributed by atoms with Gasteiger partial charge in [0.05, 0.1) is 5.54 Å². The molecule has 0 bridgehead atoms. The summed E-state index contributed by atoms with van der Waals surface area (Å²) < 4.78 is 0. The number of hydrogen-bond donors (Lipinski definition) is 2. The van der Waals surface area contributed by atoms with Gasteiger partial charge in [0.25, 0.3) is 0 Å². The normalized spacial score (nSPS) is 20.8. The van der Waals surface area contributed by atoms with Crippen LogP contribution in [0.3, 0.4) is 0 Å². The maximum atomic E-state index is 12.4. The van der Waals surface area contributed by atoms with Crippen LogP contribution in [0.5, 0.6) is 0 Å². The van der Waals surface area contributed by atoms with Crippen molar-refractivity contribution in [2.45, 2.75) is 57.5 Å². The average Bonchev–Trinajstić information content (AvgIpc) is 2.35.